The SMILES string of the molecule is CCNC(=NCc1cccc(-c2ncn[nH]2)c1)N1CCN(c2ccccc2OC)CC1. The van der Waals surface area contributed by atoms with Crippen LogP contribution in [0.2, 0.25) is 0 Å². The number of para-hydroxylation sites is 2. The maximum absolute atomic E-state index is 5.53. The fourth-order valence-electron chi connectivity index (χ4n) is 3.80. The van der Waals surface area contributed by atoms with Crippen LogP contribution in [0.1, 0.15) is 12.5 Å². The minimum Gasteiger partial charge on any atom is -0.495 e. The second-order valence-electron chi connectivity index (χ2n) is 7.35. The lowest BCUT2D eigenvalue weighted by atomic mass is 10.1. The normalized spacial score (nSPS) is 14.6. The van der Waals surface area contributed by atoms with Crippen molar-refractivity contribution < 1.29 is 4.74 Å². The van der Waals surface area contributed by atoms with Crippen LogP contribution in [0.25, 0.3) is 11.4 Å². The minimum absolute atomic E-state index is 0.608. The van der Waals surface area contributed by atoms with Gasteiger partial charge in [0, 0.05) is 38.3 Å². The first kappa shape index (κ1) is 20.7. The number of anilines is 1. The fourth-order valence-corrected chi connectivity index (χ4v) is 3.80. The lowest BCUT2D eigenvalue weighted by Crippen LogP contribution is -2.52. The number of aliphatic imine (C=N–C) groups is 1. The second kappa shape index (κ2) is 9.97. The van der Waals surface area contributed by atoms with E-state index in [0.29, 0.717) is 6.54 Å². The van der Waals surface area contributed by atoms with Gasteiger partial charge in [0.2, 0.25) is 0 Å². The summed E-state index contributed by atoms with van der Waals surface area (Å²) in [7, 11) is 1.72. The van der Waals surface area contributed by atoms with Crippen LogP contribution < -0.4 is 15.0 Å². The van der Waals surface area contributed by atoms with Crippen molar-refractivity contribution in [2.75, 3.05) is 44.7 Å². The Hall–Kier alpha value is -3.55. The molecule has 0 atom stereocenters. The zero-order valence-electron chi connectivity index (χ0n) is 18.1. The number of guanidine groups is 1. The first-order valence-electron chi connectivity index (χ1n) is 10.6. The highest BCUT2D eigenvalue weighted by Crippen LogP contribution is 2.28. The largest absolute Gasteiger partial charge is 0.495 e. The number of benzene rings is 2. The molecule has 8 heteroatoms. The van der Waals surface area contributed by atoms with Gasteiger partial charge in [-0.2, -0.15) is 5.10 Å². The molecular formula is C23H29N7O. The van der Waals surface area contributed by atoms with E-state index in [1.54, 1.807) is 7.11 Å². The number of methoxy groups -OCH3 is 1. The zero-order chi connectivity index (χ0) is 21.5. The van der Waals surface area contributed by atoms with Crippen molar-refractivity contribution in [2.24, 2.45) is 4.99 Å². The Kier molecular flexibility index (Phi) is 6.66. The summed E-state index contributed by atoms with van der Waals surface area (Å²) in [4.78, 5) is 13.8. The van der Waals surface area contributed by atoms with Crippen LogP contribution in [0.4, 0.5) is 5.69 Å². The number of hydrogen-bond acceptors (Lipinski definition) is 5. The van der Waals surface area contributed by atoms with E-state index in [2.05, 4.69) is 61.5 Å². The van der Waals surface area contributed by atoms with E-state index in [0.717, 1.165) is 67.1 Å². The summed E-state index contributed by atoms with van der Waals surface area (Å²) in [6.45, 7) is 7.20. The molecule has 2 aromatic carbocycles. The first-order chi connectivity index (χ1) is 15.3. The fraction of sp³-hybridized carbons (Fsp3) is 0.348. The molecule has 0 unspecified atom stereocenters. The van der Waals surface area contributed by atoms with Gasteiger partial charge in [-0.1, -0.05) is 30.3 Å². The second-order valence-corrected chi connectivity index (χ2v) is 7.35. The smallest absolute Gasteiger partial charge is 0.194 e. The lowest BCUT2D eigenvalue weighted by Gasteiger charge is -2.38. The van der Waals surface area contributed by atoms with Gasteiger partial charge < -0.3 is 19.9 Å². The molecule has 1 aliphatic heterocycles. The predicted octanol–water partition coefficient (Wildman–Crippen LogP) is 2.77. The average molecular weight is 420 g/mol. The molecule has 0 radical (unpaired) electrons. The van der Waals surface area contributed by atoms with E-state index in [1.165, 1.54) is 6.33 Å². The molecule has 4 rings (SSSR count). The third kappa shape index (κ3) is 4.96. The van der Waals surface area contributed by atoms with Gasteiger partial charge in [0.1, 0.15) is 12.1 Å². The minimum atomic E-state index is 0.608. The van der Waals surface area contributed by atoms with Gasteiger partial charge in [-0.05, 0) is 30.7 Å². The molecule has 3 aromatic rings. The van der Waals surface area contributed by atoms with E-state index in [9.17, 15) is 0 Å². The molecular weight excluding hydrogens is 390 g/mol. The third-order valence-corrected chi connectivity index (χ3v) is 5.37. The summed E-state index contributed by atoms with van der Waals surface area (Å²) in [6, 6.07) is 16.4. The van der Waals surface area contributed by atoms with Gasteiger partial charge >= 0.3 is 0 Å². The van der Waals surface area contributed by atoms with E-state index in [1.807, 2.05) is 24.3 Å². The number of nitrogens with zero attached hydrogens (tertiary/aromatic N) is 5. The standard InChI is InChI=1S/C23H29N7O/c1-3-24-23(25-16-18-7-6-8-19(15-18)22-26-17-27-28-22)30-13-11-29(12-14-30)20-9-4-5-10-21(20)31-2/h4-10,15,17H,3,11-14,16H2,1-2H3,(H,24,25)(H,26,27,28). The van der Waals surface area contributed by atoms with Crippen molar-refractivity contribution >= 4 is 11.6 Å². The van der Waals surface area contributed by atoms with E-state index >= 15 is 0 Å². The van der Waals surface area contributed by atoms with Crippen molar-refractivity contribution in [1.82, 2.24) is 25.4 Å². The van der Waals surface area contributed by atoms with Gasteiger partial charge in [-0.3, -0.25) is 5.10 Å². The number of piperazine rings is 1. The number of aromatic amines is 1. The molecule has 1 aromatic heterocycles. The van der Waals surface area contributed by atoms with Crippen molar-refractivity contribution in [3.63, 3.8) is 0 Å². The first-order valence-corrected chi connectivity index (χ1v) is 10.6. The Labute approximate surface area is 183 Å². The molecule has 8 nitrogen and oxygen atoms in total. The highest BCUT2D eigenvalue weighted by atomic mass is 16.5. The molecule has 31 heavy (non-hydrogen) atoms. The number of H-pyrrole nitrogens is 1. The summed E-state index contributed by atoms with van der Waals surface area (Å²) in [5.41, 5.74) is 3.30. The predicted molar refractivity (Wildman–Crippen MR) is 123 cm³/mol. The highest BCUT2D eigenvalue weighted by Gasteiger charge is 2.21. The Morgan fingerprint density at radius 2 is 1.97 bits per heavy atom. The summed E-state index contributed by atoms with van der Waals surface area (Å²) in [5.74, 6) is 2.64. The van der Waals surface area contributed by atoms with Crippen molar-refractivity contribution in [2.45, 2.75) is 13.5 Å². The molecule has 2 heterocycles. The highest BCUT2D eigenvalue weighted by molar-refractivity contribution is 5.80. The van der Waals surface area contributed by atoms with Crippen molar-refractivity contribution in [3.05, 3.63) is 60.4 Å². The van der Waals surface area contributed by atoms with E-state index < -0.39 is 0 Å². The number of hydrogen-bond donors (Lipinski definition) is 2. The Balaban J connectivity index is 1.42. The molecule has 0 spiro atoms. The van der Waals surface area contributed by atoms with Crippen LogP contribution in [0, 0.1) is 0 Å². The average Bonchev–Trinajstić information content (AvgIpc) is 3.37. The van der Waals surface area contributed by atoms with Crippen LogP contribution in [0.3, 0.4) is 0 Å². The van der Waals surface area contributed by atoms with Crippen LogP contribution in [-0.4, -0.2) is 65.9 Å². The van der Waals surface area contributed by atoms with Crippen molar-refractivity contribution in [3.8, 4) is 17.1 Å². The van der Waals surface area contributed by atoms with Crippen LogP contribution in [0.15, 0.2) is 59.9 Å². The molecule has 0 bridgehead atoms. The molecule has 1 saturated heterocycles. The molecule has 0 aliphatic carbocycles. The maximum atomic E-state index is 5.53. The molecule has 1 aliphatic rings. The monoisotopic (exact) mass is 419 g/mol. The number of rotatable bonds is 6. The molecule has 1 fully saturated rings. The molecule has 0 amide bonds. The topological polar surface area (TPSA) is 81.7 Å². The van der Waals surface area contributed by atoms with Gasteiger partial charge in [-0.25, -0.2) is 9.98 Å². The third-order valence-electron chi connectivity index (χ3n) is 5.37. The Morgan fingerprint density at radius 1 is 1.13 bits per heavy atom. The number of ether oxygens (including phenoxy) is 1. The summed E-state index contributed by atoms with van der Waals surface area (Å²) in [6.07, 6.45) is 1.52. The molecule has 0 saturated carbocycles. The quantitative estimate of drug-likeness (QED) is 0.472. The Bertz CT molecular complexity index is 995. The van der Waals surface area contributed by atoms with Crippen LogP contribution in [-0.2, 0) is 6.54 Å². The molecule has 162 valence electrons. The number of nitrogens with one attached hydrogen (secondary N) is 2. The van der Waals surface area contributed by atoms with Gasteiger partial charge in [-0.15, -0.1) is 0 Å². The number of aromatic nitrogens is 3. The maximum Gasteiger partial charge on any atom is 0.194 e. The Morgan fingerprint density at radius 3 is 2.71 bits per heavy atom. The van der Waals surface area contributed by atoms with Crippen LogP contribution >= 0.6 is 0 Å². The lowest BCUT2D eigenvalue weighted by molar-refractivity contribution is 0.367. The van der Waals surface area contributed by atoms with Gasteiger partial charge in [0.25, 0.3) is 0 Å². The van der Waals surface area contributed by atoms with Crippen LogP contribution in [0.5, 0.6) is 5.75 Å². The zero-order valence-corrected chi connectivity index (χ0v) is 18.1. The summed E-state index contributed by atoms with van der Waals surface area (Å²) >= 11 is 0. The molecule has 2 N–H and O–H groups in total. The summed E-state index contributed by atoms with van der Waals surface area (Å²) < 4.78 is 5.53. The van der Waals surface area contributed by atoms with Crippen molar-refractivity contribution in [1.29, 1.82) is 0 Å². The van der Waals surface area contributed by atoms with Gasteiger partial charge in [0.05, 0.1) is 19.3 Å². The summed E-state index contributed by atoms with van der Waals surface area (Å²) in [5, 5.41) is 10.3. The van der Waals surface area contributed by atoms with E-state index in [4.69, 9.17) is 9.73 Å². The van der Waals surface area contributed by atoms with E-state index in [-0.39, 0.29) is 0 Å². The van der Waals surface area contributed by atoms with Gasteiger partial charge in [0.15, 0.2) is 11.8 Å².